The molecule has 2 N–H and O–H groups in total. The van der Waals surface area contributed by atoms with Crippen LogP contribution in [0.15, 0.2) is 42.5 Å². The molecule has 88 valence electrons. The topological polar surface area (TPSA) is 49.7 Å². The third-order valence-corrected chi connectivity index (χ3v) is 2.28. The fourth-order valence-electron chi connectivity index (χ4n) is 1.36. The van der Waals surface area contributed by atoms with E-state index in [-0.39, 0.29) is 18.1 Å². The van der Waals surface area contributed by atoms with Crippen molar-refractivity contribution in [1.29, 1.82) is 0 Å². The Morgan fingerprint density at radius 2 is 1.71 bits per heavy atom. The van der Waals surface area contributed by atoms with Gasteiger partial charge >= 0.3 is 0 Å². The molecule has 2 rings (SSSR count). The van der Waals surface area contributed by atoms with Crippen LogP contribution in [0.1, 0.15) is 5.56 Å². The van der Waals surface area contributed by atoms with Crippen molar-refractivity contribution in [2.24, 2.45) is 0 Å². The monoisotopic (exact) mass is 234 g/mol. The molecule has 0 fully saturated rings. The quantitative estimate of drug-likeness (QED) is 0.858. The Balaban J connectivity index is 2.04. The van der Waals surface area contributed by atoms with Crippen LogP contribution in [0.2, 0.25) is 0 Å². The summed E-state index contributed by atoms with van der Waals surface area (Å²) in [5.74, 6) is 0.0909. The van der Waals surface area contributed by atoms with E-state index in [1.54, 1.807) is 12.1 Å². The van der Waals surface area contributed by atoms with Gasteiger partial charge in [-0.05, 0) is 36.4 Å². The summed E-state index contributed by atoms with van der Waals surface area (Å²) in [5, 5.41) is 18.5. The minimum atomic E-state index is -0.490. The maximum atomic E-state index is 12.7. The zero-order valence-corrected chi connectivity index (χ0v) is 8.93. The van der Waals surface area contributed by atoms with E-state index in [4.69, 9.17) is 9.84 Å². The minimum absolute atomic E-state index is 0.135. The highest BCUT2D eigenvalue weighted by molar-refractivity contribution is 5.34. The summed E-state index contributed by atoms with van der Waals surface area (Å²) < 4.78 is 18.1. The standard InChI is InChI=1S/C13H11FO3/c14-10-2-1-9(13(16)7-10)8-17-12-5-3-11(15)4-6-12/h1-7,15-16H,8H2. The fraction of sp³-hybridized carbons (Fsp3) is 0.0769. The molecule has 0 spiro atoms. The van der Waals surface area contributed by atoms with E-state index in [1.165, 1.54) is 24.3 Å². The molecule has 2 aromatic rings. The zero-order valence-electron chi connectivity index (χ0n) is 8.93. The Labute approximate surface area is 97.7 Å². The van der Waals surface area contributed by atoms with Crippen LogP contribution in [0.4, 0.5) is 4.39 Å². The van der Waals surface area contributed by atoms with Crippen molar-refractivity contribution in [2.75, 3.05) is 0 Å². The third kappa shape index (κ3) is 2.87. The fourth-order valence-corrected chi connectivity index (χ4v) is 1.36. The molecule has 0 aromatic heterocycles. The number of hydrogen-bond acceptors (Lipinski definition) is 3. The Kier molecular flexibility index (Phi) is 3.14. The van der Waals surface area contributed by atoms with E-state index >= 15 is 0 Å². The average Bonchev–Trinajstić information content (AvgIpc) is 2.30. The second-order valence-electron chi connectivity index (χ2n) is 3.56. The van der Waals surface area contributed by atoms with E-state index in [9.17, 15) is 9.50 Å². The molecule has 0 radical (unpaired) electrons. The third-order valence-electron chi connectivity index (χ3n) is 2.28. The van der Waals surface area contributed by atoms with Gasteiger partial charge in [-0.1, -0.05) is 0 Å². The van der Waals surface area contributed by atoms with Crippen molar-refractivity contribution < 1.29 is 19.3 Å². The van der Waals surface area contributed by atoms with Crippen molar-refractivity contribution in [3.63, 3.8) is 0 Å². The molecule has 0 unspecified atom stereocenters. The number of phenols is 2. The first kappa shape index (κ1) is 11.3. The predicted molar refractivity (Wildman–Crippen MR) is 60.5 cm³/mol. The number of halogens is 1. The summed E-state index contributed by atoms with van der Waals surface area (Å²) in [5.41, 5.74) is 0.500. The Morgan fingerprint density at radius 3 is 2.35 bits per heavy atom. The van der Waals surface area contributed by atoms with Crippen molar-refractivity contribution in [1.82, 2.24) is 0 Å². The van der Waals surface area contributed by atoms with Crippen LogP contribution in [0.5, 0.6) is 17.2 Å². The van der Waals surface area contributed by atoms with E-state index in [1.807, 2.05) is 0 Å². The maximum absolute atomic E-state index is 12.7. The van der Waals surface area contributed by atoms with Gasteiger partial charge in [0.2, 0.25) is 0 Å². The summed E-state index contributed by atoms with van der Waals surface area (Å²) in [6, 6.07) is 9.97. The van der Waals surface area contributed by atoms with Crippen LogP contribution in [-0.4, -0.2) is 10.2 Å². The molecule has 0 heterocycles. The molecule has 0 saturated heterocycles. The molecule has 0 atom stereocenters. The lowest BCUT2D eigenvalue weighted by Gasteiger charge is -2.07. The zero-order chi connectivity index (χ0) is 12.3. The van der Waals surface area contributed by atoms with Crippen molar-refractivity contribution in [3.05, 3.63) is 53.8 Å². The first-order chi connectivity index (χ1) is 8.15. The van der Waals surface area contributed by atoms with Crippen LogP contribution in [0.25, 0.3) is 0 Å². The number of phenolic OH excluding ortho intramolecular Hbond substituents is 2. The molecule has 0 aliphatic carbocycles. The largest absolute Gasteiger partial charge is 0.508 e. The van der Waals surface area contributed by atoms with Crippen LogP contribution in [0, 0.1) is 5.82 Å². The van der Waals surface area contributed by atoms with Gasteiger partial charge in [-0.2, -0.15) is 0 Å². The molecular weight excluding hydrogens is 223 g/mol. The molecule has 3 nitrogen and oxygen atoms in total. The molecule has 0 bridgehead atoms. The Bertz CT molecular complexity index is 509. The second-order valence-corrected chi connectivity index (χ2v) is 3.56. The van der Waals surface area contributed by atoms with Gasteiger partial charge in [-0.3, -0.25) is 0 Å². The van der Waals surface area contributed by atoms with Crippen molar-refractivity contribution in [2.45, 2.75) is 6.61 Å². The van der Waals surface area contributed by atoms with Gasteiger partial charge in [0.25, 0.3) is 0 Å². The first-order valence-corrected chi connectivity index (χ1v) is 5.04. The molecule has 4 heteroatoms. The van der Waals surface area contributed by atoms with Crippen molar-refractivity contribution in [3.8, 4) is 17.2 Å². The Hall–Kier alpha value is -2.23. The molecule has 17 heavy (non-hydrogen) atoms. The van der Waals surface area contributed by atoms with Crippen molar-refractivity contribution >= 4 is 0 Å². The molecule has 0 aliphatic rings. The lowest BCUT2D eigenvalue weighted by Crippen LogP contribution is -1.96. The highest BCUT2D eigenvalue weighted by atomic mass is 19.1. The highest BCUT2D eigenvalue weighted by Gasteiger charge is 2.03. The van der Waals surface area contributed by atoms with Gasteiger partial charge in [0.1, 0.15) is 29.7 Å². The SMILES string of the molecule is Oc1ccc(OCc2ccc(F)cc2O)cc1. The minimum Gasteiger partial charge on any atom is -0.508 e. The van der Waals surface area contributed by atoms with E-state index in [2.05, 4.69) is 0 Å². The molecule has 0 aliphatic heterocycles. The first-order valence-electron chi connectivity index (χ1n) is 5.04. The van der Waals surface area contributed by atoms with Crippen LogP contribution in [0.3, 0.4) is 0 Å². The average molecular weight is 234 g/mol. The molecule has 2 aromatic carbocycles. The lowest BCUT2D eigenvalue weighted by molar-refractivity contribution is 0.298. The van der Waals surface area contributed by atoms with Gasteiger partial charge in [-0.15, -0.1) is 0 Å². The van der Waals surface area contributed by atoms with Gasteiger partial charge in [0.05, 0.1) is 0 Å². The molecule has 0 amide bonds. The summed E-state index contributed by atoms with van der Waals surface area (Å²) >= 11 is 0. The summed E-state index contributed by atoms with van der Waals surface area (Å²) in [4.78, 5) is 0. The van der Waals surface area contributed by atoms with E-state index < -0.39 is 5.82 Å². The second kappa shape index (κ2) is 4.74. The van der Waals surface area contributed by atoms with E-state index in [0.29, 0.717) is 11.3 Å². The molecule has 0 saturated carbocycles. The summed E-state index contributed by atoms with van der Waals surface area (Å²) in [6.07, 6.45) is 0. The van der Waals surface area contributed by atoms with Gasteiger partial charge in [0.15, 0.2) is 0 Å². The number of rotatable bonds is 3. The smallest absolute Gasteiger partial charge is 0.126 e. The van der Waals surface area contributed by atoms with Gasteiger partial charge < -0.3 is 14.9 Å². The number of benzene rings is 2. The Morgan fingerprint density at radius 1 is 1.00 bits per heavy atom. The highest BCUT2D eigenvalue weighted by Crippen LogP contribution is 2.21. The number of ether oxygens (including phenoxy) is 1. The predicted octanol–water partition coefficient (Wildman–Crippen LogP) is 2.82. The summed E-state index contributed by atoms with van der Waals surface area (Å²) in [7, 11) is 0. The molecular formula is C13H11FO3. The van der Waals surface area contributed by atoms with Gasteiger partial charge in [-0.25, -0.2) is 4.39 Å². The normalized spacial score (nSPS) is 10.2. The summed E-state index contributed by atoms with van der Waals surface area (Å²) in [6.45, 7) is 0.136. The van der Waals surface area contributed by atoms with Crippen LogP contribution >= 0.6 is 0 Å². The number of aromatic hydroxyl groups is 2. The maximum Gasteiger partial charge on any atom is 0.126 e. The lowest BCUT2D eigenvalue weighted by atomic mass is 10.2. The number of hydrogen-bond donors (Lipinski definition) is 2. The van der Waals surface area contributed by atoms with Crippen LogP contribution < -0.4 is 4.74 Å². The van der Waals surface area contributed by atoms with Gasteiger partial charge in [0, 0.05) is 11.6 Å². The van der Waals surface area contributed by atoms with E-state index in [0.717, 1.165) is 6.07 Å². The van der Waals surface area contributed by atoms with Crippen LogP contribution in [-0.2, 0) is 6.61 Å².